The van der Waals surface area contributed by atoms with Crippen molar-refractivity contribution in [2.45, 2.75) is 72.8 Å². The smallest absolute Gasteiger partial charge is 0.0707 e. The van der Waals surface area contributed by atoms with Crippen LogP contribution in [0.2, 0.25) is 0 Å². The lowest BCUT2D eigenvalue weighted by atomic mass is 9.99. The summed E-state index contributed by atoms with van der Waals surface area (Å²) in [4.78, 5) is 0. The molecule has 0 saturated carbocycles. The molecule has 0 aromatic rings. The molecule has 26 heavy (non-hydrogen) atoms. The highest BCUT2D eigenvalue weighted by Gasteiger charge is 2.09. The first-order valence-corrected chi connectivity index (χ1v) is 10.2. The number of hydrogen-bond acceptors (Lipinski definition) is 5. The quantitative estimate of drug-likeness (QED) is 0.350. The molecule has 0 spiro atoms. The Bertz CT molecular complexity index is 264. The van der Waals surface area contributed by atoms with E-state index in [4.69, 9.17) is 23.7 Å². The van der Waals surface area contributed by atoms with Gasteiger partial charge in [0.15, 0.2) is 0 Å². The van der Waals surface area contributed by atoms with Gasteiger partial charge in [-0.2, -0.15) is 0 Å². The standard InChI is InChI=1S/C21H44O5/c1-20(2,3)19-25-16-15-23-13-9-7-11-22-12-8-10-14-24-17-18-26-21(4,5)6/h7-19H2,1-6H3. The summed E-state index contributed by atoms with van der Waals surface area (Å²) in [6, 6.07) is 0. The predicted octanol–water partition coefficient (Wildman–Crippen LogP) is 4.47. The van der Waals surface area contributed by atoms with E-state index in [2.05, 4.69) is 41.5 Å². The van der Waals surface area contributed by atoms with Crippen molar-refractivity contribution in [3.05, 3.63) is 0 Å². The zero-order chi connectivity index (χ0) is 19.7. The molecular weight excluding hydrogens is 332 g/mol. The Morgan fingerprint density at radius 1 is 0.462 bits per heavy atom. The molecule has 5 nitrogen and oxygen atoms in total. The third kappa shape index (κ3) is 23.8. The Balaban J connectivity index is 3.07. The molecule has 0 aliphatic heterocycles. The Hall–Kier alpha value is -0.200. The van der Waals surface area contributed by atoms with E-state index in [9.17, 15) is 0 Å². The molecule has 0 unspecified atom stereocenters. The summed E-state index contributed by atoms with van der Waals surface area (Å²) < 4.78 is 27.9. The maximum atomic E-state index is 5.63. The SMILES string of the molecule is CC(C)(C)COCCOCCCCOCCCCOCCOC(C)(C)C. The largest absolute Gasteiger partial charge is 0.381 e. The van der Waals surface area contributed by atoms with Crippen molar-refractivity contribution in [1.29, 1.82) is 0 Å². The molecule has 0 fully saturated rings. The van der Waals surface area contributed by atoms with Gasteiger partial charge in [-0.15, -0.1) is 0 Å². The highest BCUT2D eigenvalue weighted by atomic mass is 16.5. The van der Waals surface area contributed by atoms with Crippen LogP contribution in [-0.4, -0.2) is 65.1 Å². The summed E-state index contributed by atoms with van der Waals surface area (Å²) in [6.07, 6.45) is 4.16. The summed E-state index contributed by atoms with van der Waals surface area (Å²) in [5.41, 5.74) is 0.145. The summed E-state index contributed by atoms with van der Waals surface area (Å²) in [5, 5.41) is 0. The van der Waals surface area contributed by atoms with Gasteiger partial charge < -0.3 is 23.7 Å². The fourth-order valence-corrected chi connectivity index (χ4v) is 2.03. The van der Waals surface area contributed by atoms with Crippen LogP contribution in [0.4, 0.5) is 0 Å². The number of unbranched alkanes of at least 4 members (excludes halogenated alkanes) is 2. The monoisotopic (exact) mass is 376 g/mol. The Kier molecular flexibility index (Phi) is 15.7. The second-order valence-corrected chi connectivity index (χ2v) is 8.83. The highest BCUT2D eigenvalue weighted by molar-refractivity contribution is 4.59. The van der Waals surface area contributed by atoms with Crippen LogP contribution < -0.4 is 0 Å². The molecule has 0 amide bonds. The molecule has 0 N–H and O–H groups in total. The van der Waals surface area contributed by atoms with Crippen molar-refractivity contribution in [2.24, 2.45) is 5.41 Å². The Morgan fingerprint density at radius 2 is 0.846 bits per heavy atom. The number of hydrogen-bond donors (Lipinski definition) is 0. The fourth-order valence-electron chi connectivity index (χ4n) is 2.03. The average Bonchev–Trinajstić information content (AvgIpc) is 2.51. The van der Waals surface area contributed by atoms with E-state index in [0.717, 1.165) is 58.7 Å². The number of ether oxygens (including phenoxy) is 5. The van der Waals surface area contributed by atoms with Crippen LogP contribution >= 0.6 is 0 Å². The first-order chi connectivity index (χ1) is 12.2. The van der Waals surface area contributed by atoms with Gasteiger partial charge in [-0.1, -0.05) is 20.8 Å². The molecular formula is C21H44O5. The van der Waals surface area contributed by atoms with Crippen molar-refractivity contribution < 1.29 is 23.7 Å². The van der Waals surface area contributed by atoms with E-state index >= 15 is 0 Å². The van der Waals surface area contributed by atoms with Crippen LogP contribution in [0.25, 0.3) is 0 Å². The predicted molar refractivity (Wildman–Crippen MR) is 107 cm³/mol. The molecule has 0 rings (SSSR count). The molecule has 0 aliphatic carbocycles. The van der Waals surface area contributed by atoms with Gasteiger partial charge >= 0.3 is 0 Å². The van der Waals surface area contributed by atoms with Gasteiger partial charge in [0.25, 0.3) is 0 Å². The lowest BCUT2D eigenvalue weighted by Crippen LogP contribution is -2.21. The molecule has 0 atom stereocenters. The second kappa shape index (κ2) is 15.8. The summed E-state index contributed by atoms with van der Waals surface area (Å²) in [6.45, 7) is 19.3. The van der Waals surface area contributed by atoms with E-state index in [0.29, 0.717) is 26.4 Å². The van der Waals surface area contributed by atoms with Crippen LogP contribution in [0.3, 0.4) is 0 Å². The first kappa shape index (κ1) is 25.8. The zero-order valence-corrected chi connectivity index (χ0v) is 18.2. The van der Waals surface area contributed by atoms with Gasteiger partial charge in [0.2, 0.25) is 0 Å². The minimum absolute atomic E-state index is 0.0811. The van der Waals surface area contributed by atoms with Crippen molar-refractivity contribution in [1.82, 2.24) is 0 Å². The molecule has 0 aromatic carbocycles. The van der Waals surface area contributed by atoms with Gasteiger partial charge in [-0.25, -0.2) is 0 Å². The number of rotatable bonds is 17. The van der Waals surface area contributed by atoms with Gasteiger partial charge in [-0.05, 0) is 51.9 Å². The lowest BCUT2D eigenvalue weighted by molar-refractivity contribution is -0.0356. The van der Waals surface area contributed by atoms with E-state index in [1.54, 1.807) is 0 Å². The third-order valence-corrected chi connectivity index (χ3v) is 3.32. The van der Waals surface area contributed by atoms with Crippen LogP contribution in [0.1, 0.15) is 67.2 Å². The minimum atomic E-state index is -0.0811. The topological polar surface area (TPSA) is 46.2 Å². The van der Waals surface area contributed by atoms with Crippen molar-refractivity contribution in [3.8, 4) is 0 Å². The minimum Gasteiger partial charge on any atom is -0.381 e. The van der Waals surface area contributed by atoms with Gasteiger partial charge in [-0.3, -0.25) is 0 Å². The van der Waals surface area contributed by atoms with Crippen LogP contribution in [0.5, 0.6) is 0 Å². The maximum Gasteiger partial charge on any atom is 0.0707 e. The summed E-state index contributed by atoms with van der Waals surface area (Å²) in [7, 11) is 0. The van der Waals surface area contributed by atoms with Crippen LogP contribution in [-0.2, 0) is 23.7 Å². The lowest BCUT2D eigenvalue weighted by Gasteiger charge is -2.19. The molecule has 0 bridgehead atoms. The van der Waals surface area contributed by atoms with Crippen molar-refractivity contribution in [3.63, 3.8) is 0 Å². The van der Waals surface area contributed by atoms with Gasteiger partial charge in [0, 0.05) is 26.4 Å². The average molecular weight is 377 g/mol. The highest BCUT2D eigenvalue weighted by Crippen LogP contribution is 2.12. The second-order valence-electron chi connectivity index (χ2n) is 8.83. The van der Waals surface area contributed by atoms with E-state index < -0.39 is 0 Å². The Morgan fingerprint density at radius 3 is 1.27 bits per heavy atom. The van der Waals surface area contributed by atoms with Crippen molar-refractivity contribution in [2.75, 3.05) is 59.5 Å². The molecule has 158 valence electrons. The Labute approximate surface area is 162 Å². The first-order valence-electron chi connectivity index (χ1n) is 10.2. The van der Waals surface area contributed by atoms with E-state index in [1.807, 2.05) is 0 Å². The molecule has 0 saturated heterocycles. The van der Waals surface area contributed by atoms with E-state index in [1.165, 1.54) is 0 Å². The van der Waals surface area contributed by atoms with Gasteiger partial charge in [0.1, 0.15) is 0 Å². The van der Waals surface area contributed by atoms with Crippen LogP contribution in [0, 0.1) is 5.41 Å². The van der Waals surface area contributed by atoms with E-state index in [-0.39, 0.29) is 11.0 Å². The molecule has 0 radical (unpaired) electrons. The zero-order valence-electron chi connectivity index (χ0n) is 18.2. The fraction of sp³-hybridized carbons (Fsp3) is 1.00. The molecule has 0 heterocycles. The molecule has 5 heteroatoms. The maximum absolute atomic E-state index is 5.63. The van der Waals surface area contributed by atoms with Crippen LogP contribution in [0.15, 0.2) is 0 Å². The molecule has 0 aromatic heterocycles. The normalized spacial score (nSPS) is 12.7. The third-order valence-electron chi connectivity index (χ3n) is 3.32. The summed E-state index contributed by atoms with van der Waals surface area (Å²) in [5.74, 6) is 0. The van der Waals surface area contributed by atoms with Gasteiger partial charge in [0.05, 0.1) is 38.6 Å². The van der Waals surface area contributed by atoms with Crippen molar-refractivity contribution >= 4 is 0 Å². The molecule has 0 aliphatic rings. The summed E-state index contributed by atoms with van der Waals surface area (Å²) >= 11 is 0.